The second kappa shape index (κ2) is 4.32. The fraction of sp³-hybridized carbons (Fsp3) is 0.273. The number of amides is 1. The van der Waals surface area contributed by atoms with Gasteiger partial charge in [-0.3, -0.25) is 9.88 Å². The molecule has 0 aliphatic carbocycles. The Morgan fingerprint density at radius 3 is 2.88 bits per heavy atom. The molecule has 0 unspecified atom stereocenters. The molecular weight excluding hydrogens is 208 g/mol. The van der Waals surface area contributed by atoms with E-state index in [1.54, 1.807) is 18.3 Å². The number of nitrogens with zero attached hydrogens (tertiary/aromatic N) is 2. The molecule has 2 heterocycles. The van der Waals surface area contributed by atoms with Crippen LogP contribution in [0.15, 0.2) is 30.5 Å². The number of carboxylic acid groups (broad SMARTS) is 1. The zero-order valence-electron chi connectivity index (χ0n) is 8.58. The molecule has 2 N–H and O–H groups in total. The average Bonchev–Trinajstić information content (AvgIpc) is 2.74. The monoisotopic (exact) mass is 220 g/mol. The molecule has 0 radical (unpaired) electrons. The minimum Gasteiger partial charge on any atom is -0.465 e. The topological polar surface area (TPSA) is 73.7 Å². The lowest BCUT2D eigenvalue weighted by Gasteiger charge is -2.18. The quantitative estimate of drug-likeness (QED) is 0.773. The lowest BCUT2D eigenvalue weighted by molar-refractivity contribution is 0.125. The number of aliphatic hydroxyl groups excluding tert-OH is 1. The maximum atomic E-state index is 10.9. The van der Waals surface area contributed by atoms with Crippen LogP contribution < -0.4 is 0 Å². The first-order chi connectivity index (χ1) is 7.72. The van der Waals surface area contributed by atoms with Crippen LogP contribution in [0.1, 0.15) is 5.69 Å². The molecule has 2 rings (SSSR count). The van der Waals surface area contributed by atoms with Gasteiger partial charge < -0.3 is 10.2 Å². The maximum Gasteiger partial charge on any atom is 0.408 e. The summed E-state index contributed by atoms with van der Waals surface area (Å²) in [6, 6.07) is 5.01. The molecule has 0 spiro atoms. The van der Waals surface area contributed by atoms with Gasteiger partial charge in [-0.15, -0.1) is 0 Å². The Labute approximate surface area is 92.7 Å². The van der Waals surface area contributed by atoms with E-state index >= 15 is 0 Å². The van der Waals surface area contributed by atoms with Crippen LogP contribution in [-0.2, 0) is 0 Å². The molecule has 1 atom stereocenters. The van der Waals surface area contributed by atoms with Crippen LogP contribution in [-0.4, -0.2) is 45.4 Å². The highest BCUT2D eigenvalue weighted by atomic mass is 16.4. The van der Waals surface area contributed by atoms with Crippen molar-refractivity contribution in [3.05, 3.63) is 36.2 Å². The predicted octanol–water partition coefficient (Wildman–Crippen LogP) is 0.819. The Kier molecular flexibility index (Phi) is 2.87. The van der Waals surface area contributed by atoms with Gasteiger partial charge in [0.25, 0.3) is 0 Å². The van der Waals surface area contributed by atoms with E-state index in [0.29, 0.717) is 0 Å². The molecule has 16 heavy (non-hydrogen) atoms. The van der Waals surface area contributed by atoms with Crippen LogP contribution in [0.25, 0.3) is 5.57 Å². The number of hydrogen-bond donors (Lipinski definition) is 2. The summed E-state index contributed by atoms with van der Waals surface area (Å²) in [6.07, 6.45) is 2.38. The van der Waals surface area contributed by atoms with Gasteiger partial charge in [-0.1, -0.05) is 12.1 Å². The van der Waals surface area contributed by atoms with Gasteiger partial charge in [-0.2, -0.15) is 0 Å². The summed E-state index contributed by atoms with van der Waals surface area (Å²) in [5.74, 6) is 0. The Morgan fingerprint density at radius 2 is 2.38 bits per heavy atom. The Bertz CT molecular complexity index is 416. The number of aliphatic hydroxyl groups is 1. The third-order valence-corrected chi connectivity index (χ3v) is 2.56. The lowest BCUT2D eigenvalue weighted by atomic mass is 10.1. The van der Waals surface area contributed by atoms with Gasteiger partial charge in [0.05, 0.1) is 24.9 Å². The fourth-order valence-corrected chi connectivity index (χ4v) is 1.76. The molecule has 1 aliphatic rings. The summed E-state index contributed by atoms with van der Waals surface area (Å²) in [5.41, 5.74) is 1.59. The van der Waals surface area contributed by atoms with Crippen molar-refractivity contribution in [1.82, 2.24) is 9.88 Å². The summed E-state index contributed by atoms with van der Waals surface area (Å²) in [5, 5.41) is 18.0. The fourth-order valence-electron chi connectivity index (χ4n) is 1.76. The number of rotatable bonds is 2. The molecule has 1 aromatic rings. The molecule has 0 saturated heterocycles. The second-order valence-corrected chi connectivity index (χ2v) is 3.57. The summed E-state index contributed by atoms with van der Waals surface area (Å²) in [6.45, 7) is 0.0696. The Hall–Kier alpha value is -1.88. The second-order valence-electron chi connectivity index (χ2n) is 3.57. The van der Waals surface area contributed by atoms with E-state index in [-0.39, 0.29) is 13.2 Å². The normalized spacial score (nSPS) is 19.7. The zero-order chi connectivity index (χ0) is 11.5. The van der Waals surface area contributed by atoms with E-state index in [1.807, 2.05) is 12.1 Å². The van der Waals surface area contributed by atoms with Gasteiger partial charge in [0.15, 0.2) is 0 Å². The summed E-state index contributed by atoms with van der Waals surface area (Å²) in [4.78, 5) is 16.3. The summed E-state index contributed by atoms with van der Waals surface area (Å²) >= 11 is 0. The molecule has 0 aromatic carbocycles. The highest BCUT2D eigenvalue weighted by Gasteiger charge is 2.28. The molecule has 5 heteroatoms. The van der Waals surface area contributed by atoms with Crippen molar-refractivity contribution in [1.29, 1.82) is 0 Å². The number of carbonyl (C=O) groups is 1. The number of pyridine rings is 1. The Balaban J connectivity index is 2.23. The summed E-state index contributed by atoms with van der Waals surface area (Å²) in [7, 11) is 0. The molecule has 0 saturated carbocycles. The lowest BCUT2D eigenvalue weighted by Crippen LogP contribution is -2.37. The van der Waals surface area contributed by atoms with E-state index in [4.69, 9.17) is 10.2 Å². The molecule has 0 fully saturated rings. The van der Waals surface area contributed by atoms with Gasteiger partial charge in [0.2, 0.25) is 0 Å². The van der Waals surface area contributed by atoms with E-state index in [0.717, 1.165) is 11.3 Å². The van der Waals surface area contributed by atoms with Crippen LogP contribution in [0.4, 0.5) is 4.79 Å². The highest BCUT2D eigenvalue weighted by Crippen LogP contribution is 2.23. The first-order valence-corrected chi connectivity index (χ1v) is 4.95. The van der Waals surface area contributed by atoms with Crippen LogP contribution in [0.5, 0.6) is 0 Å². The largest absolute Gasteiger partial charge is 0.465 e. The van der Waals surface area contributed by atoms with Crippen LogP contribution in [0.2, 0.25) is 0 Å². The van der Waals surface area contributed by atoms with Crippen LogP contribution in [0, 0.1) is 0 Å². The van der Waals surface area contributed by atoms with Gasteiger partial charge in [0, 0.05) is 6.20 Å². The SMILES string of the molecule is O=C(O)N1CC(c2ccccn2)=C[C@H]1CO. The van der Waals surface area contributed by atoms with Crippen molar-refractivity contribution >= 4 is 11.7 Å². The van der Waals surface area contributed by atoms with Gasteiger partial charge in [-0.05, 0) is 17.7 Å². The molecule has 1 aliphatic heterocycles. The van der Waals surface area contributed by atoms with Crippen LogP contribution >= 0.6 is 0 Å². The highest BCUT2D eigenvalue weighted by molar-refractivity contribution is 5.76. The molecule has 0 bridgehead atoms. The van der Waals surface area contributed by atoms with Crippen LogP contribution in [0.3, 0.4) is 0 Å². The van der Waals surface area contributed by atoms with Gasteiger partial charge in [-0.25, -0.2) is 4.79 Å². The summed E-state index contributed by atoms with van der Waals surface area (Å²) < 4.78 is 0. The molecule has 1 aromatic heterocycles. The van der Waals surface area contributed by atoms with E-state index < -0.39 is 12.1 Å². The minimum atomic E-state index is -1.03. The molecule has 84 valence electrons. The molecular formula is C11H12N2O3. The smallest absolute Gasteiger partial charge is 0.408 e. The molecule has 5 nitrogen and oxygen atoms in total. The maximum absolute atomic E-state index is 10.9. The Morgan fingerprint density at radius 1 is 1.56 bits per heavy atom. The third-order valence-electron chi connectivity index (χ3n) is 2.56. The minimum absolute atomic E-state index is 0.206. The van der Waals surface area contributed by atoms with Crippen molar-refractivity contribution in [3.8, 4) is 0 Å². The number of aromatic nitrogens is 1. The standard InChI is InChI=1S/C11H12N2O3/c14-7-9-5-8(6-13(9)11(15)16)10-3-1-2-4-12-10/h1-5,9,14H,6-7H2,(H,15,16)/t9-/m0/s1. The van der Waals surface area contributed by atoms with Crippen molar-refractivity contribution < 1.29 is 15.0 Å². The van der Waals surface area contributed by atoms with Crippen molar-refractivity contribution in [3.63, 3.8) is 0 Å². The molecule has 1 amide bonds. The predicted molar refractivity (Wildman–Crippen MR) is 57.8 cm³/mol. The van der Waals surface area contributed by atoms with E-state index in [9.17, 15) is 4.79 Å². The van der Waals surface area contributed by atoms with E-state index in [2.05, 4.69) is 4.98 Å². The van der Waals surface area contributed by atoms with Crippen molar-refractivity contribution in [2.45, 2.75) is 6.04 Å². The number of hydrogen-bond acceptors (Lipinski definition) is 3. The average molecular weight is 220 g/mol. The van der Waals surface area contributed by atoms with Gasteiger partial charge in [0.1, 0.15) is 0 Å². The van der Waals surface area contributed by atoms with Gasteiger partial charge >= 0.3 is 6.09 Å². The van der Waals surface area contributed by atoms with E-state index in [1.165, 1.54) is 4.90 Å². The van der Waals surface area contributed by atoms with Crippen molar-refractivity contribution in [2.75, 3.05) is 13.2 Å². The van der Waals surface area contributed by atoms with Crippen molar-refractivity contribution in [2.24, 2.45) is 0 Å². The first kappa shape index (κ1) is 10.6. The first-order valence-electron chi connectivity index (χ1n) is 4.95. The third kappa shape index (κ3) is 1.90. The zero-order valence-corrected chi connectivity index (χ0v) is 8.58.